The van der Waals surface area contributed by atoms with Crippen LogP contribution in [0.3, 0.4) is 0 Å². The fourth-order valence-electron chi connectivity index (χ4n) is 1.25. The molecule has 1 heterocycles. The normalized spacial score (nSPS) is 15.7. The highest BCUT2D eigenvalue weighted by Gasteiger charge is 2.11. The number of aryl methyl sites for hydroxylation is 1. The second-order valence-electron chi connectivity index (χ2n) is 3.42. The molecule has 0 aromatic carbocycles. The lowest BCUT2D eigenvalue weighted by molar-refractivity contribution is 0.238. The predicted octanol–water partition coefficient (Wildman–Crippen LogP) is 1.62. The van der Waals surface area contributed by atoms with E-state index < -0.39 is 0 Å². The molecule has 0 aliphatic rings. The molecule has 0 spiro atoms. The first-order valence-electron chi connectivity index (χ1n) is 4.56. The molecule has 0 bridgehead atoms. The molecule has 1 aromatic heterocycles. The minimum Gasteiger partial charge on any atom is -0.465 e. The van der Waals surface area contributed by atoms with E-state index in [1.54, 1.807) is 0 Å². The van der Waals surface area contributed by atoms with Crippen molar-refractivity contribution in [3.05, 3.63) is 23.7 Å². The summed E-state index contributed by atoms with van der Waals surface area (Å²) in [5.74, 6) is 1.83. The molecule has 0 aliphatic carbocycles. The van der Waals surface area contributed by atoms with E-state index in [1.807, 2.05) is 32.9 Å². The van der Waals surface area contributed by atoms with Crippen LogP contribution in [0.1, 0.15) is 31.4 Å². The molecule has 2 N–H and O–H groups in total. The van der Waals surface area contributed by atoms with Crippen LogP contribution in [-0.4, -0.2) is 17.8 Å². The molecular weight excluding hydrogens is 166 g/mol. The zero-order valence-corrected chi connectivity index (χ0v) is 8.37. The Hall–Kier alpha value is -0.800. The SMILES string of the molecule is Cc1ccc(C(C)N[C@@H](C)CO)o1. The maximum Gasteiger partial charge on any atom is 0.120 e. The fourth-order valence-corrected chi connectivity index (χ4v) is 1.25. The zero-order chi connectivity index (χ0) is 9.84. The highest BCUT2D eigenvalue weighted by Crippen LogP contribution is 2.15. The number of rotatable bonds is 4. The minimum atomic E-state index is 0.0976. The van der Waals surface area contributed by atoms with Gasteiger partial charge in [-0.15, -0.1) is 0 Å². The van der Waals surface area contributed by atoms with Crippen LogP contribution >= 0.6 is 0 Å². The molecule has 0 saturated carbocycles. The minimum absolute atomic E-state index is 0.0976. The Balaban J connectivity index is 2.53. The number of hydrogen-bond acceptors (Lipinski definition) is 3. The molecule has 1 unspecified atom stereocenters. The first-order valence-corrected chi connectivity index (χ1v) is 4.56. The monoisotopic (exact) mass is 183 g/mol. The summed E-state index contributed by atoms with van der Waals surface area (Å²) >= 11 is 0. The number of aliphatic hydroxyl groups excluding tert-OH is 1. The Morgan fingerprint density at radius 2 is 2.15 bits per heavy atom. The Bertz CT molecular complexity index is 257. The van der Waals surface area contributed by atoms with Gasteiger partial charge >= 0.3 is 0 Å². The van der Waals surface area contributed by atoms with Crippen LogP contribution in [0.25, 0.3) is 0 Å². The van der Waals surface area contributed by atoms with E-state index >= 15 is 0 Å². The molecule has 1 rings (SSSR count). The van der Waals surface area contributed by atoms with Crippen LogP contribution in [0.5, 0.6) is 0 Å². The van der Waals surface area contributed by atoms with Gasteiger partial charge in [-0.25, -0.2) is 0 Å². The first-order chi connectivity index (χ1) is 6.13. The summed E-state index contributed by atoms with van der Waals surface area (Å²) in [5, 5.41) is 12.1. The maximum atomic E-state index is 8.84. The second kappa shape index (κ2) is 4.44. The molecule has 3 heteroatoms. The van der Waals surface area contributed by atoms with E-state index in [0.717, 1.165) is 11.5 Å². The number of aliphatic hydroxyl groups is 1. The Morgan fingerprint density at radius 3 is 2.62 bits per heavy atom. The third kappa shape index (κ3) is 2.86. The lowest BCUT2D eigenvalue weighted by Gasteiger charge is -2.15. The van der Waals surface area contributed by atoms with Crippen molar-refractivity contribution in [1.82, 2.24) is 5.32 Å². The third-order valence-corrected chi connectivity index (χ3v) is 2.00. The number of nitrogens with one attached hydrogen (secondary N) is 1. The van der Waals surface area contributed by atoms with Crippen molar-refractivity contribution in [3.8, 4) is 0 Å². The molecule has 0 aliphatic heterocycles. The third-order valence-electron chi connectivity index (χ3n) is 2.00. The van der Waals surface area contributed by atoms with Crippen LogP contribution < -0.4 is 5.32 Å². The molecule has 13 heavy (non-hydrogen) atoms. The second-order valence-corrected chi connectivity index (χ2v) is 3.42. The highest BCUT2D eigenvalue weighted by molar-refractivity contribution is 5.08. The Morgan fingerprint density at radius 1 is 1.46 bits per heavy atom. The molecule has 3 nitrogen and oxygen atoms in total. The van der Waals surface area contributed by atoms with Gasteiger partial charge in [-0.1, -0.05) is 0 Å². The summed E-state index contributed by atoms with van der Waals surface area (Å²) in [5.41, 5.74) is 0. The summed E-state index contributed by atoms with van der Waals surface area (Å²) in [6, 6.07) is 4.14. The lowest BCUT2D eigenvalue weighted by Crippen LogP contribution is -2.31. The Labute approximate surface area is 78.8 Å². The summed E-state index contributed by atoms with van der Waals surface area (Å²) < 4.78 is 5.45. The van der Waals surface area contributed by atoms with Gasteiger partial charge in [-0.2, -0.15) is 0 Å². The smallest absolute Gasteiger partial charge is 0.120 e. The van der Waals surface area contributed by atoms with Crippen molar-refractivity contribution in [2.45, 2.75) is 32.9 Å². The van der Waals surface area contributed by atoms with Crippen molar-refractivity contribution in [2.24, 2.45) is 0 Å². The van der Waals surface area contributed by atoms with Gasteiger partial charge in [0.2, 0.25) is 0 Å². The van der Waals surface area contributed by atoms with E-state index in [9.17, 15) is 0 Å². The van der Waals surface area contributed by atoms with Crippen LogP contribution in [0.4, 0.5) is 0 Å². The predicted molar refractivity (Wildman–Crippen MR) is 51.5 cm³/mol. The van der Waals surface area contributed by atoms with Crippen molar-refractivity contribution in [2.75, 3.05) is 6.61 Å². The van der Waals surface area contributed by atoms with Gasteiger partial charge < -0.3 is 14.8 Å². The summed E-state index contributed by atoms with van der Waals surface area (Å²) in [7, 11) is 0. The molecule has 0 fully saturated rings. The summed E-state index contributed by atoms with van der Waals surface area (Å²) in [6.45, 7) is 6.02. The molecule has 0 radical (unpaired) electrons. The quantitative estimate of drug-likeness (QED) is 0.745. The topological polar surface area (TPSA) is 45.4 Å². The van der Waals surface area contributed by atoms with Gasteiger partial charge in [0.1, 0.15) is 11.5 Å². The van der Waals surface area contributed by atoms with Crippen LogP contribution in [-0.2, 0) is 0 Å². The van der Waals surface area contributed by atoms with Crippen LogP contribution in [0.15, 0.2) is 16.5 Å². The molecule has 2 atom stereocenters. The van der Waals surface area contributed by atoms with Crippen molar-refractivity contribution >= 4 is 0 Å². The van der Waals surface area contributed by atoms with E-state index in [-0.39, 0.29) is 18.7 Å². The van der Waals surface area contributed by atoms with Gasteiger partial charge in [0.25, 0.3) is 0 Å². The van der Waals surface area contributed by atoms with E-state index in [4.69, 9.17) is 9.52 Å². The zero-order valence-electron chi connectivity index (χ0n) is 8.37. The molecular formula is C10H17NO2. The lowest BCUT2D eigenvalue weighted by atomic mass is 10.2. The van der Waals surface area contributed by atoms with Crippen LogP contribution in [0.2, 0.25) is 0 Å². The average molecular weight is 183 g/mol. The van der Waals surface area contributed by atoms with Gasteiger partial charge in [-0.05, 0) is 32.9 Å². The summed E-state index contributed by atoms with van der Waals surface area (Å²) in [6.07, 6.45) is 0. The first kappa shape index (κ1) is 10.3. The standard InChI is InChI=1S/C10H17NO2/c1-7(6-12)11-9(3)10-5-4-8(2)13-10/h4-5,7,9,11-12H,6H2,1-3H3/t7-,9?/m0/s1. The van der Waals surface area contributed by atoms with E-state index in [2.05, 4.69) is 5.32 Å². The largest absolute Gasteiger partial charge is 0.465 e. The van der Waals surface area contributed by atoms with Gasteiger partial charge in [0.15, 0.2) is 0 Å². The van der Waals surface area contributed by atoms with E-state index in [0.29, 0.717) is 0 Å². The molecule has 0 amide bonds. The summed E-state index contributed by atoms with van der Waals surface area (Å²) in [4.78, 5) is 0. The Kier molecular flexibility index (Phi) is 3.51. The average Bonchev–Trinajstić information content (AvgIpc) is 2.51. The number of furan rings is 1. The highest BCUT2D eigenvalue weighted by atomic mass is 16.3. The van der Waals surface area contributed by atoms with Gasteiger partial charge in [-0.3, -0.25) is 0 Å². The van der Waals surface area contributed by atoms with Crippen LogP contribution in [0, 0.1) is 6.92 Å². The maximum absolute atomic E-state index is 8.84. The van der Waals surface area contributed by atoms with Gasteiger partial charge in [0.05, 0.1) is 12.6 Å². The molecule has 0 saturated heterocycles. The van der Waals surface area contributed by atoms with Gasteiger partial charge in [0, 0.05) is 6.04 Å². The molecule has 74 valence electrons. The molecule has 1 aromatic rings. The number of hydrogen-bond donors (Lipinski definition) is 2. The van der Waals surface area contributed by atoms with Crippen molar-refractivity contribution < 1.29 is 9.52 Å². The van der Waals surface area contributed by atoms with Crippen molar-refractivity contribution in [3.63, 3.8) is 0 Å². The van der Waals surface area contributed by atoms with Crippen molar-refractivity contribution in [1.29, 1.82) is 0 Å². The fraction of sp³-hybridized carbons (Fsp3) is 0.600. The van der Waals surface area contributed by atoms with E-state index in [1.165, 1.54) is 0 Å².